The summed E-state index contributed by atoms with van der Waals surface area (Å²) in [5.41, 5.74) is -0.0538. The summed E-state index contributed by atoms with van der Waals surface area (Å²) in [7, 11) is 0. The van der Waals surface area contributed by atoms with Gasteiger partial charge in [0.2, 0.25) is 0 Å². The van der Waals surface area contributed by atoms with Crippen LogP contribution < -0.4 is 5.32 Å². The van der Waals surface area contributed by atoms with E-state index in [4.69, 9.17) is 0 Å². The lowest BCUT2D eigenvalue weighted by atomic mass is 9.85. The Morgan fingerprint density at radius 3 is 2.35 bits per heavy atom. The molecule has 0 aromatic rings. The van der Waals surface area contributed by atoms with E-state index in [1.54, 1.807) is 4.90 Å². The molecule has 2 saturated heterocycles. The van der Waals surface area contributed by atoms with Crippen molar-refractivity contribution in [2.75, 3.05) is 13.1 Å². The fraction of sp³-hybridized carbons (Fsp3) is 0.923. The molecule has 1 unspecified atom stereocenters. The Morgan fingerprint density at radius 1 is 1.29 bits per heavy atom. The van der Waals surface area contributed by atoms with Gasteiger partial charge in [-0.2, -0.15) is 0 Å². The van der Waals surface area contributed by atoms with Gasteiger partial charge in [-0.3, -0.25) is 4.90 Å². The minimum absolute atomic E-state index is 0.0345. The number of nitrogens with zero attached hydrogens (tertiary/aromatic N) is 1. The van der Waals surface area contributed by atoms with Crippen molar-refractivity contribution in [3.05, 3.63) is 0 Å². The predicted molar refractivity (Wildman–Crippen MR) is 67.2 cm³/mol. The highest BCUT2D eigenvalue weighted by Crippen LogP contribution is 2.45. The van der Waals surface area contributed by atoms with Crippen molar-refractivity contribution in [3.8, 4) is 0 Å². The van der Waals surface area contributed by atoms with Crippen LogP contribution in [0, 0.1) is 5.41 Å². The minimum atomic E-state index is -0.732. The number of rotatable bonds is 0. The van der Waals surface area contributed by atoms with Crippen LogP contribution in [0.15, 0.2) is 0 Å². The molecule has 1 spiro atoms. The minimum Gasteiger partial charge on any atom is -0.465 e. The van der Waals surface area contributed by atoms with E-state index in [1.165, 1.54) is 0 Å². The predicted octanol–water partition coefficient (Wildman–Crippen LogP) is 2.30. The van der Waals surface area contributed by atoms with E-state index < -0.39 is 6.09 Å². The molecule has 1 amide bonds. The van der Waals surface area contributed by atoms with Crippen LogP contribution in [-0.4, -0.2) is 40.8 Å². The van der Waals surface area contributed by atoms with Gasteiger partial charge < -0.3 is 10.4 Å². The first kappa shape index (κ1) is 12.7. The number of likely N-dealkylation sites (tertiary alicyclic amines) is 1. The third-order valence-corrected chi connectivity index (χ3v) is 4.45. The van der Waals surface area contributed by atoms with E-state index in [9.17, 15) is 9.90 Å². The molecule has 2 heterocycles. The lowest BCUT2D eigenvalue weighted by Crippen LogP contribution is -2.57. The highest BCUT2D eigenvalue weighted by molar-refractivity contribution is 5.67. The first-order valence-electron chi connectivity index (χ1n) is 6.60. The van der Waals surface area contributed by atoms with Crippen LogP contribution in [0.25, 0.3) is 0 Å². The Bertz CT molecular complexity index is 303. The number of carboxylic acid groups (broad SMARTS) is 1. The van der Waals surface area contributed by atoms with Crippen LogP contribution in [0.2, 0.25) is 0 Å². The van der Waals surface area contributed by atoms with Crippen molar-refractivity contribution in [2.24, 2.45) is 5.41 Å². The first-order valence-corrected chi connectivity index (χ1v) is 6.60. The molecule has 2 aliphatic rings. The fourth-order valence-corrected chi connectivity index (χ4v) is 3.53. The van der Waals surface area contributed by atoms with Gasteiger partial charge in [0.1, 0.15) is 0 Å². The van der Waals surface area contributed by atoms with Gasteiger partial charge in [-0.25, -0.2) is 4.79 Å². The molecule has 2 rings (SSSR count). The van der Waals surface area contributed by atoms with Gasteiger partial charge in [0.15, 0.2) is 0 Å². The molecule has 1 atom stereocenters. The van der Waals surface area contributed by atoms with E-state index in [0.717, 1.165) is 38.8 Å². The number of amides is 1. The van der Waals surface area contributed by atoms with Crippen molar-refractivity contribution in [3.63, 3.8) is 0 Å². The molecule has 2 N–H and O–H groups in total. The van der Waals surface area contributed by atoms with Gasteiger partial charge in [-0.05, 0) is 44.2 Å². The molecular formula is C13H24N2O2. The second kappa shape index (κ2) is 4.16. The summed E-state index contributed by atoms with van der Waals surface area (Å²) in [4.78, 5) is 13.4. The highest BCUT2D eigenvalue weighted by atomic mass is 16.4. The summed E-state index contributed by atoms with van der Waals surface area (Å²) >= 11 is 0. The summed E-state index contributed by atoms with van der Waals surface area (Å²) in [6, 6.07) is 0.165. The van der Waals surface area contributed by atoms with Crippen molar-refractivity contribution >= 4 is 6.09 Å². The summed E-state index contributed by atoms with van der Waals surface area (Å²) in [6.07, 6.45) is 3.24. The average Bonchev–Trinajstić information content (AvgIpc) is 2.58. The summed E-state index contributed by atoms with van der Waals surface area (Å²) < 4.78 is 0. The number of piperidine rings is 1. The zero-order chi connectivity index (χ0) is 12.7. The topological polar surface area (TPSA) is 52.6 Å². The zero-order valence-electron chi connectivity index (χ0n) is 11.1. The summed E-state index contributed by atoms with van der Waals surface area (Å²) in [5, 5.41) is 12.9. The van der Waals surface area contributed by atoms with E-state index in [1.807, 2.05) is 0 Å². The standard InChI is InChI=1S/C13H24N2O2/c1-12(2,3)10-4-5-13(15(10)11(16)17)6-8-14-9-7-13/h10,14H,4-9H2,1-3H3,(H,16,17). The smallest absolute Gasteiger partial charge is 0.408 e. The van der Waals surface area contributed by atoms with Gasteiger partial charge in [0, 0.05) is 11.6 Å². The largest absolute Gasteiger partial charge is 0.465 e. The Hall–Kier alpha value is -0.770. The van der Waals surface area contributed by atoms with Gasteiger partial charge in [0.05, 0.1) is 0 Å². The van der Waals surface area contributed by atoms with Gasteiger partial charge in [0.25, 0.3) is 0 Å². The maximum absolute atomic E-state index is 11.6. The second-order valence-electron chi connectivity index (χ2n) is 6.55. The molecule has 2 fully saturated rings. The zero-order valence-corrected chi connectivity index (χ0v) is 11.1. The van der Waals surface area contributed by atoms with Gasteiger partial charge in [-0.1, -0.05) is 20.8 Å². The van der Waals surface area contributed by atoms with Crippen LogP contribution in [-0.2, 0) is 0 Å². The molecule has 17 heavy (non-hydrogen) atoms. The SMILES string of the molecule is CC(C)(C)C1CCC2(CCNCC2)N1C(=O)O. The molecular weight excluding hydrogens is 216 g/mol. The number of hydrogen-bond acceptors (Lipinski definition) is 2. The maximum Gasteiger partial charge on any atom is 0.408 e. The third kappa shape index (κ3) is 2.15. The van der Waals surface area contributed by atoms with Gasteiger partial charge in [-0.15, -0.1) is 0 Å². The van der Waals surface area contributed by atoms with Gasteiger partial charge >= 0.3 is 6.09 Å². The van der Waals surface area contributed by atoms with E-state index in [-0.39, 0.29) is 17.0 Å². The molecule has 0 bridgehead atoms. The van der Waals surface area contributed by atoms with Crippen LogP contribution in [0.3, 0.4) is 0 Å². The summed E-state index contributed by atoms with van der Waals surface area (Å²) in [6.45, 7) is 8.33. The maximum atomic E-state index is 11.6. The lowest BCUT2D eigenvalue weighted by molar-refractivity contribution is 0.0339. The molecule has 98 valence electrons. The third-order valence-electron chi connectivity index (χ3n) is 4.45. The van der Waals surface area contributed by atoms with E-state index in [0.29, 0.717) is 0 Å². The number of carbonyl (C=O) groups is 1. The first-order chi connectivity index (χ1) is 7.87. The van der Waals surface area contributed by atoms with Crippen molar-refractivity contribution < 1.29 is 9.90 Å². The molecule has 4 nitrogen and oxygen atoms in total. The molecule has 0 saturated carbocycles. The van der Waals surface area contributed by atoms with E-state index >= 15 is 0 Å². The van der Waals surface area contributed by atoms with Crippen molar-refractivity contribution in [1.29, 1.82) is 0 Å². The van der Waals surface area contributed by atoms with E-state index in [2.05, 4.69) is 26.1 Å². The van der Waals surface area contributed by atoms with Crippen LogP contribution in [0.4, 0.5) is 4.79 Å². The number of nitrogens with one attached hydrogen (secondary N) is 1. The normalized spacial score (nSPS) is 28.6. The van der Waals surface area contributed by atoms with Crippen molar-refractivity contribution in [1.82, 2.24) is 10.2 Å². The van der Waals surface area contributed by atoms with Crippen LogP contribution in [0.5, 0.6) is 0 Å². The molecule has 0 aromatic heterocycles. The Labute approximate surface area is 103 Å². The quantitative estimate of drug-likeness (QED) is 0.683. The second-order valence-corrected chi connectivity index (χ2v) is 6.55. The average molecular weight is 240 g/mol. The fourth-order valence-electron chi connectivity index (χ4n) is 3.53. The molecule has 4 heteroatoms. The van der Waals surface area contributed by atoms with Crippen LogP contribution >= 0.6 is 0 Å². The monoisotopic (exact) mass is 240 g/mol. The Balaban J connectivity index is 2.27. The molecule has 0 radical (unpaired) electrons. The lowest BCUT2D eigenvalue weighted by Gasteiger charge is -2.45. The molecule has 0 aliphatic carbocycles. The highest BCUT2D eigenvalue weighted by Gasteiger charge is 2.52. The Kier molecular flexibility index (Phi) is 3.10. The van der Waals surface area contributed by atoms with Crippen molar-refractivity contribution in [2.45, 2.75) is 58.0 Å². The summed E-state index contributed by atoms with van der Waals surface area (Å²) in [5.74, 6) is 0. The Morgan fingerprint density at radius 2 is 1.88 bits per heavy atom. The molecule has 2 aliphatic heterocycles. The number of hydrogen-bond donors (Lipinski definition) is 2. The molecule has 0 aromatic carbocycles. The van der Waals surface area contributed by atoms with Crippen LogP contribution in [0.1, 0.15) is 46.5 Å².